The minimum atomic E-state index is -0.504. The molecule has 0 aliphatic carbocycles. The first-order chi connectivity index (χ1) is 5.43. The van der Waals surface area contributed by atoms with Crippen molar-refractivity contribution < 1.29 is 9.53 Å². The molecule has 70 valence electrons. The van der Waals surface area contributed by atoms with Crippen LogP contribution in [-0.4, -0.2) is 29.8 Å². The Labute approximate surface area is 77.7 Å². The van der Waals surface area contributed by atoms with E-state index in [9.17, 15) is 4.79 Å². The van der Waals surface area contributed by atoms with Crippen LogP contribution >= 0.6 is 12.2 Å². The Morgan fingerprint density at radius 2 is 2.17 bits per heavy atom. The van der Waals surface area contributed by atoms with E-state index in [1.165, 1.54) is 4.90 Å². The maximum atomic E-state index is 11.0. The topological polar surface area (TPSA) is 55.6 Å². The maximum absolute atomic E-state index is 11.0. The highest BCUT2D eigenvalue weighted by atomic mass is 32.1. The molecule has 0 spiro atoms. The minimum absolute atomic E-state index is 0.240. The molecule has 0 bridgehead atoms. The summed E-state index contributed by atoms with van der Waals surface area (Å²) < 4.78 is 4.51. The Morgan fingerprint density at radius 3 is 2.50 bits per heavy atom. The molecule has 2 N–H and O–H groups in total. The molecule has 0 saturated heterocycles. The van der Waals surface area contributed by atoms with Crippen LogP contribution < -0.4 is 5.73 Å². The van der Waals surface area contributed by atoms with Crippen LogP contribution in [0.2, 0.25) is 0 Å². The molecular formula is C7H14N2O2S. The van der Waals surface area contributed by atoms with Gasteiger partial charge in [-0.3, -0.25) is 0 Å². The first kappa shape index (κ1) is 11.2. The van der Waals surface area contributed by atoms with Gasteiger partial charge in [0.05, 0.1) is 0 Å². The molecule has 0 radical (unpaired) electrons. The van der Waals surface area contributed by atoms with Gasteiger partial charge in [-0.15, -0.1) is 0 Å². The maximum Gasteiger partial charge on any atom is 0.416 e. The molecule has 0 aliphatic heterocycles. The predicted molar refractivity (Wildman–Crippen MR) is 50.7 cm³/mol. The number of hydrogen-bond donors (Lipinski definition) is 1. The van der Waals surface area contributed by atoms with Gasteiger partial charge in [0.25, 0.3) is 5.17 Å². The van der Waals surface area contributed by atoms with Crippen molar-refractivity contribution >= 4 is 23.5 Å². The molecule has 0 unspecified atom stereocenters. The quantitative estimate of drug-likeness (QED) is 0.659. The third kappa shape index (κ3) is 4.90. The number of nitrogens with two attached hydrogens (primary N) is 1. The van der Waals surface area contributed by atoms with Gasteiger partial charge in [-0.25, -0.2) is 4.79 Å². The van der Waals surface area contributed by atoms with E-state index in [0.717, 1.165) is 0 Å². The van der Waals surface area contributed by atoms with Gasteiger partial charge in [0, 0.05) is 13.6 Å². The number of carbonyl (C=O) groups excluding carboxylic acids is 1. The van der Waals surface area contributed by atoms with E-state index < -0.39 is 6.09 Å². The van der Waals surface area contributed by atoms with Crippen LogP contribution in [0.4, 0.5) is 4.79 Å². The SMILES string of the molecule is CC(C)CN(C)C(=O)OC(N)=S. The van der Waals surface area contributed by atoms with Gasteiger partial charge in [-0.2, -0.15) is 0 Å². The summed E-state index contributed by atoms with van der Waals surface area (Å²) in [5.41, 5.74) is 5.02. The molecule has 0 atom stereocenters. The molecule has 0 aliphatic rings. The molecule has 0 rings (SSSR count). The van der Waals surface area contributed by atoms with E-state index in [4.69, 9.17) is 5.73 Å². The summed E-state index contributed by atoms with van der Waals surface area (Å²) in [6.45, 7) is 4.64. The summed E-state index contributed by atoms with van der Waals surface area (Å²) in [5, 5.41) is -0.240. The van der Waals surface area contributed by atoms with Crippen LogP contribution in [0.5, 0.6) is 0 Å². The van der Waals surface area contributed by atoms with Crippen molar-refractivity contribution in [1.82, 2.24) is 4.90 Å². The normalized spacial score (nSPS) is 9.67. The molecule has 5 heteroatoms. The van der Waals surface area contributed by atoms with Gasteiger partial charge in [0.15, 0.2) is 0 Å². The number of carbonyl (C=O) groups is 1. The van der Waals surface area contributed by atoms with Crippen LogP contribution in [-0.2, 0) is 4.74 Å². The zero-order valence-corrected chi connectivity index (χ0v) is 8.35. The van der Waals surface area contributed by atoms with Crippen molar-refractivity contribution in [2.24, 2.45) is 11.7 Å². The highest BCUT2D eigenvalue weighted by Crippen LogP contribution is 1.97. The molecule has 0 aromatic rings. The Bertz CT molecular complexity index is 182. The number of amides is 1. The number of thiocarbonyl (C=S) groups is 1. The smallest absolute Gasteiger partial charge is 0.383 e. The summed E-state index contributed by atoms with van der Waals surface area (Å²) in [6, 6.07) is 0. The summed E-state index contributed by atoms with van der Waals surface area (Å²) >= 11 is 4.41. The Hall–Kier alpha value is -0.840. The molecule has 0 saturated carbocycles. The second kappa shape index (κ2) is 4.92. The number of nitrogens with zero attached hydrogens (tertiary/aromatic N) is 1. The van der Waals surface area contributed by atoms with E-state index in [-0.39, 0.29) is 5.17 Å². The Balaban J connectivity index is 3.85. The lowest BCUT2D eigenvalue weighted by atomic mass is 10.2. The molecule has 0 aromatic carbocycles. The van der Waals surface area contributed by atoms with Crippen molar-refractivity contribution in [2.45, 2.75) is 13.8 Å². The lowest BCUT2D eigenvalue weighted by Gasteiger charge is -2.17. The molecule has 0 heterocycles. The third-order valence-corrected chi connectivity index (χ3v) is 1.22. The van der Waals surface area contributed by atoms with Crippen LogP contribution in [0, 0.1) is 5.92 Å². The molecule has 0 fully saturated rings. The molecule has 4 nitrogen and oxygen atoms in total. The first-order valence-electron chi connectivity index (χ1n) is 3.66. The van der Waals surface area contributed by atoms with Gasteiger partial charge < -0.3 is 15.4 Å². The lowest BCUT2D eigenvalue weighted by Crippen LogP contribution is -2.33. The van der Waals surface area contributed by atoms with Crippen molar-refractivity contribution in [1.29, 1.82) is 0 Å². The van der Waals surface area contributed by atoms with E-state index >= 15 is 0 Å². The van der Waals surface area contributed by atoms with Crippen molar-refractivity contribution in [3.8, 4) is 0 Å². The summed E-state index contributed by atoms with van der Waals surface area (Å²) in [7, 11) is 1.64. The average Bonchev–Trinajstić information content (AvgIpc) is 1.84. The zero-order valence-electron chi connectivity index (χ0n) is 7.53. The van der Waals surface area contributed by atoms with Crippen molar-refractivity contribution in [2.75, 3.05) is 13.6 Å². The van der Waals surface area contributed by atoms with Crippen molar-refractivity contribution in [3.05, 3.63) is 0 Å². The Kier molecular flexibility index (Phi) is 4.58. The monoisotopic (exact) mass is 190 g/mol. The second-order valence-corrected chi connectivity index (χ2v) is 3.36. The second-order valence-electron chi connectivity index (χ2n) is 2.96. The fourth-order valence-corrected chi connectivity index (χ4v) is 0.858. The molecular weight excluding hydrogens is 176 g/mol. The fraction of sp³-hybridized carbons (Fsp3) is 0.714. The number of hydrogen-bond acceptors (Lipinski definition) is 3. The largest absolute Gasteiger partial charge is 0.416 e. The lowest BCUT2D eigenvalue weighted by molar-refractivity contribution is 0.155. The number of ether oxygens (including phenoxy) is 1. The van der Waals surface area contributed by atoms with E-state index in [0.29, 0.717) is 12.5 Å². The van der Waals surface area contributed by atoms with Gasteiger partial charge in [-0.1, -0.05) is 13.8 Å². The van der Waals surface area contributed by atoms with Gasteiger partial charge in [0.1, 0.15) is 0 Å². The van der Waals surface area contributed by atoms with Crippen LogP contribution in [0.25, 0.3) is 0 Å². The zero-order chi connectivity index (χ0) is 9.72. The van der Waals surface area contributed by atoms with E-state index in [1.54, 1.807) is 7.05 Å². The Morgan fingerprint density at radius 1 is 1.67 bits per heavy atom. The van der Waals surface area contributed by atoms with Crippen LogP contribution in [0.1, 0.15) is 13.8 Å². The molecule has 1 amide bonds. The van der Waals surface area contributed by atoms with Crippen molar-refractivity contribution in [3.63, 3.8) is 0 Å². The fourth-order valence-electron chi connectivity index (χ4n) is 0.786. The van der Waals surface area contributed by atoms with Gasteiger partial charge >= 0.3 is 6.09 Å². The molecule has 12 heavy (non-hydrogen) atoms. The third-order valence-electron chi connectivity index (χ3n) is 1.14. The van der Waals surface area contributed by atoms with Crippen LogP contribution in [0.3, 0.4) is 0 Å². The summed E-state index contributed by atoms with van der Waals surface area (Å²) in [4.78, 5) is 12.5. The van der Waals surface area contributed by atoms with E-state index in [2.05, 4.69) is 17.0 Å². The first-order valence-corrected chi connectivity index (χ1v) is 4.06. The van der Waals surface area contributed by atoms with Gasteiger partial charge in [0.2, 0.25) is 0 Å². The molecule has 0 aromatic heterocycles. The summed E-state index contributed by atoms with van der Waals surface area (Å²) in [5.74, 6) is 0.397. The van der Waals surface area contributed by atoms with Crippen LogP contribution in [0.15, 0.2) is 0 Å². The number of rotatable bonds is 2. The highest BCUT2D eigenvalue weighted by Gasteiger charge is 2.11. The standard InChI is InChI=1S/C7H14N2O2S/c1-5(2)4-9(3)7(10)11-6(8)12/h5H,4H2,1-3H3,(H2,8,12). The van der Waals surface area contributed by atoms with E-state index in [1.807, 2.05) is 13.8 Å². The summed E-state index contributed by atoms with van der Waals surface area (Å²) in [6.07, 6.45) is -0.504. The highest BCUT2D eigenvalue weighted by molar-refractivity contribution is 7.80. The predicted octanol–water partition coefficient (Wildman–Crippen LogP) is 0.954. The van der Waals surface area contributed by atoms with Gasteiger partial charge in [-0.05, 0) is 18.1 Å². The minimum Gasteiger partial charge on any atom is -0.383 e. The average molecular weight is 190 g/mol.